The predicted molar refractivity (Wildman–Crippen MR) is 69.0 cm³/mol. The van der Waals surface area contributed by atoms with E-state index in [-0.39, 0.29) is 24.5 Å². The zero-order chi connectivity index (χ0) is 13.0. The molecule has 0 saturated heterocycles. The summed E-state index contributed by atoms with van der Waals surface area (Å²) in [4.78, 5) is 11.9. The average Bonchev–Trinajstić information content (AvgIpc) is 2.28. The van der Waals surface area contributed by atoms with Gasteiger partial charge in [-0.25, -0.2) is 0 Å². The molecule has 0 heterocycles. The van der Waals surface area contributed by atoms with Crippen LogP contribution in [-0.4, -0.2) is 23.7 Å². The van der Waals surface area contributed by atoms with Crippen LogP contribution in [0.1, 0.15) is 24.2 Å². The molecule has 0 aliphatic carbocycles. The third-order valence-electron chi connectivity index (χ3n) is 2.58. The first-order valence-corrected chi connectivity index (χ1v) is 5.80. The lowest BCUT2D eigenvalue weighted by atomic mass is 10.0. The number of halogens is 1. The first-order valence-electron chi connectivity index (χ1n) is 5.42. The van der Waals surface area contributed by atoms with Crippen molar-refractivity contribution in [2.45, 2.75) is 19.9 Å². The minimum Gasteiger partial charge on any atom is -0.398 e. The van der Waals surface area contributed by atoms with E-state index in [1.165, 1.54) is 6.07 Å². The van der Waals surface area contributed by atoms with Crippen molar-refractivity contribution in [3.05, 3.63) is 28.8 Å². The van der Waals surface area contributed by atoms with Crippen molar-refractivity contribution in [1.29, 1.82) is 0 Å². The van der Waals surface area contributed by atoms with Crippen molar-refractivity contribution in [2.24, 2.45) is 5.92 Å². The number of carbonyl (C=O) groups is 1. The summed E-state index contributed by atoms with van der Waals surface area (Å²) in [5, 5.41) is 12.3. The molecule has 0 unspecified atom stereocenters. The van der Waals surface area contributed by atoms with Gasteiger partial charge in [0.25, 0.3) is 5.91 Å². The first kappa shape index (κ1) is 13.8. The van der Waals surface area contributed by atoms with Gasteiger partial charge in [0.1, 0.15) is 0 Å². The molecule has 4 N–H and O–H groups in total. The summed E-state index contributed by atoms with van der Waals surface area (Å²) in [5.74, 6) is -0.102. The summed E-state index contributed by atoms with van der Waals surface area (Å²) in [6.45, 7) is 3.77. The molecule has 0 aromatic heterocycles. The summed E-state index contributed by atoms with van der Waals surface area (Å²) < 4.78 is 0. The largest absolute Gasteiger partial charge is 0.398 e. The van der Waals surface area contributed by atoms with E-state index in [0.717, 1.165) is 0 Å². The summed E-state index contributed by atoms with van der Waals surface area (Å²) in [6, 6.07) is 4.43. The topological polar surface area (TPSA) is 75.3 Å². The Kier molecular flexibility index (Phi) is 4.78. The molecule has 17 heavy (non-hydrogen) atoms. The first-order chi connectivity index (χ1) is 7.95. The van der Waals surface area contributed by atoms with Crippen LogP contribution in [0.5, 0.6) is 0 Å². The number of hydrogen-bond donors (Lipinski definition) is 3. The summed E-state index contributed by atoms with van der Waals surface area (Å²) in [5.41, 5.74) is 6.42. The molecule has 1 amide bonds. The van der Waals surface area contributed by atoms with Gasteiger partial charge < -0.3 is 16.2 Å². The second-order valence-electron chi connectivity index (χ2n) is 4.24. The van der Waals surface area contributed by atoms with Crippen LogP contribution in [0.2, 0.25) is 5.02 Å². The third-order valence-corrected chi connectivity index (χ3v) is 2.92. The van der Waals surface area contributed by atoms with Gasteiger partial charge in [-0.1, -0.05) is 25.4 Å². The summed E-state index contributed by atoms with van der Waals surface area (Å²) in [6.07, 6.45) is 0. The second-order valence-corrected chi connectivity index (χ2v) is 4.65. The van der Waals surface area contributed by atoms with Crippen LogP contribution in [-0.2, 0) is 0 Å². The van der Waals surface area contributed by atoms with Gasteiger partial charge in [0.2, 0.25) is 0 Å². The van der Waals surface area contributed by atoms with Crippen LogP contribution in [0, 0.1) is 5.92 Å². The number of nitrogens with two attached hydrogens (primary N) is 1. The van der Waals surface area contributed by atoms with E-state index in [4.69, 9.17) is 22.4 Å². The van der Waals surface area contributed by atoms with Crippen LogP contribution < -0.4 is 11.1 Å². The van der Waals surface area contributed by atoms with Crippen molar-refractivity contribution in [3.63, 3.8) is 0 Å². The van der Waals surface area contributed by atoms with Crippen molar-refractivity contribution in [1.82, 2.24) is 5.32 Å². The molecule has 0 radical (unpaired) electrons. The normalized spacial score (nSPS) is 12.5. The number of carbonyl (C=O) groups excluding carboxylic acids is 1. The maximum atomic E-state index is 11.9. The maximum absolute atomic E-state index is 11.9. The van der Waals surface area contributed by atoms with Gasteiger partial charge in [-0.2, -0.15) is 0 Å². The number of amides is 1. The number of rotatable bonds is 4. The Labute approximate surface area is 106 Å². The van der Waals surface area contributed by atoms with Gasteiger partial charge in [0.15, 0.2) is 0 Å². The van der Waals surface area contributed by atoms with E-state index >= 15 is 0 Å². The Morgan fingerprint density at radius 2 is 2.18 bits per heavy atom. The highest BCUT2D eigenvalue weighted by Gasteiger charge is 2.16. The van der Waals surface area contributed by atoms with Gasteiger partial charge >= 0.3 is 0 Å². The van der Waals surface area contributed by atoms with Gasteiger partial charge in [-0.05, 0) is 24.1 Å². The zero-order valence-corrected chi connectivity index (χ0v) is 10.7. The average molecular weight is 257 g/mol. The van der Waals surface area contributed by atoms with E-state index < -0.39 is 0 Å². The van der Waals surface area contributed by atoms with E-state index in [0.29, 0.717) is 16.3 Å². The molecule has 4 nitrogen and oxygen atoms in total. The van der Waals surface area contributed by atoms with E-state index in [1.807, 2.05) is 13.8 Å². The number of benzene rings is 1. The fourth-order valence-electron chi connectivity index (χ4n) is 1.36. The Bertz CT molecular complexity index is 407. The molecule has 1 rings (SSSR count). The van der Waals surface area contributed by atoms with Crippen molar-refractivity contribution >= 4 is 23.2 Å². The van der Waals surface area contributed by atoms with Crippen LogP contribution in [0.4, 0.5) is 5.69 Å². The van der Waals surface area contributed by atoms with E-state index in [1.54, 1.807) is 12.1 Å². The number of anilines is 1. The molecule has 5 heteroatoms. The molecule has 0 saturated carbocycles. The molecular formula is C12H17ClN2O2. The van der Waals surface area contributed by atoms with E-state index in [9.17, 15) is 4.79 Å². The monoisotopic (exact) mass is 256 g/mol. The molecular weight excluding hydrogens is 240 g/mol. The highest BCUT2D eigenvalue weighted by Crippen LogP contribution is 2.19. The number of hydrogen-bond acceptors (Lipinski definition) is 3. The number of nitrogens with one attached hydrogen (secondary N) is 1. The van der Waals surface area contributed by atoms with Crippen molar-refractivity contribution < 1.29 is 9.90 Å². The number of aliphatic hydroxyl groups excluding tert-OH is 1. The Hall–Kier alpha value is -1.26. The Balaban J connectivity index is 2.79. The van der Waals surface area contributed by atoms with Crippen molar-refractivity contribution in [2.75, 3.05) is 12.3 Å². The molecule has 1 atom stereocenters. The molecule has 94 valence electrons. The molecule has 1 aromatic carbocycles. The fourth-order valence-corrected chi connectivity index (χ4v) is 1.48. The molecule has 0 fully saturated rings. The predicted octanol–water partition coefficient (Wildman–Crippen LogP) is 1.67. The highest BCUT2D eigenvalue weighted by molar-refractivity contribution is 6.33. The van der Waals surface area contributed by atoms with Gasteiger partial charge in [-0.15, -0.1) is 0 Å². The Morgan fingerprint density at radius 1 is 1.53 bits per heavy atom. The second kappa shape index (κ2) is 5.89. The SMILES string of the molecule is CC(C)[C@@H](CO)NC(=O)c1ccc(Cl)c(N)c1. The lowest BCUT2D eigenvalue weighted by Gasteiger charge is -2.20. The fraction of sp³-hybridized carbons (Fsp3) is 0.417. The number of nitrogen functional groups attached to an aromatic ring is 1. The lowest BCUT2D eigenvalue weighted by molar-refractivity contribution is 0.0897. The zero-order valence-electron chi connectivity index (χ0n) is 9.90. The standard InChI is InChI=1S/C12H17ClN2O2/c1-7(2)11(6-16)15-12(17)8-3-4-9(13)10(14)5-8/h3-5,7,11,16H,6,14H2,1-2H3,(H,15,17)/t11-/m1/s1. The van der Waals surface area contributed by atoms with Crippen LogP contribution in [0.3, 0.4) is 0 Å². The number of aliphatic hydroxyl groups is 1. The molecule has 0 aliphatic heterocycles. The van der Waals surface area contributed by atoms with Crippen molar-refractivity contribution in [3.8, 4) is 0 Å². The lowest BCUT2D eigenvalue weighted by Crippen LogP contribution is -2.41. The quantitative estimate of drug-likeness (QED) is 0.718. The molecule has 0 bridgehead atoms. The van der Waals surface area contributed by atoms with Crippen LogP contribution in [0.15, 0.2) is 18.2 Å². The van der Waals surface area contributed by atoms with Gasteiger partial charge in [0, 0.05) is 5.56 Å². The minimum atomic E-state index is -0.264. The van der Waals surface area contributed by atoms with Crippen LogP contribution in [0.25, 0.3) is 0 Å². The molecule has 0 aliphatic rings. The Morgan fingerprint density at radius 3 is 2.65 bits per heavy atom. The van der Waals surface area contributed by atoms with Gasteiger partial charge in [0.05, 0.1) is 23.4 Å². The summed E-state index contributed by atoms with van der Waals surface area (Å²) >= 11 is 5.77. The summed E-state index contributed by atoms with van der Waals surface area (Å²) in [7, 11) is 0. The third kappa shape index (κ3) is 3.61. The minimum absolute atomic E-state index is 0.0908. The smallest absolute Gasteiger partial charge is 0.251 e. The van der Waals surface area contributed by atoms with Gasteiger partial charge in [-0.3, -0.25) is 4.79 Å². The van der Waals surface area contributed by atoms with E-state index in [2.05, 4.69) is 5.32 Å². The maximum Gasteiger partial charge on any atom is 0.251 e. The van der Waals surface area contributed by atoms with Crippen LogP contribution >= 0.6 is 11.6 Å². The molecule has 0 spiro atoms. The molecule has 1 aromatic rings. The highest BCUT2D eigenvalue weighted by atomic mass is 35.5.